The Balaban J connectivity index is 1.82. The molecule has 2 amide bonds. The molecular weight excluding hydrogens is 376 g/mol. The van der Waals surface area contributed by atoms with Crippen LogP contribution in [0.25, 0.3) is 0 Å². The fourth-order valence-corrected chi connectivity index (χ4v) is 3.08. The van der Waals surface area contributed by atoms with Crippen LogP contribution in [0.5, 0.6) is 0 Å². The molecule has 152 valence electrons. The molecule has 3 rings (SSSR count). The lowest BCUT2D eigenvalue weighted by Crippen LogP contribution is -2.37. The first-order valence-electron chi connectivity index (χ1n) is 9.20. The third-order valence-electron chi connectivity index (χ3n) is 4.64. The van der Waals surface area contributed by atoms with Crippen LogP contribution in [0.2, 0.25) is 0 Å². The van der Waals surface area contributed by atoms with Gasteiger partial charge in [0.1, 0.15) is 0 Å². The summed E-state index contributed by atoms with van der Waals surface area (Å²) >= 11 is 0. The second-order valence-electron chi connectivity index (χ2n) is 6.56. The van der Waals surface area contributed by atoms with E-state index in [1.165, 1.54) is 12.1 Å². The van der Waals surface area contributed by atoms with Gasteiger partial charge >= 0.3 is 0 Å². The standard InChI is InChI=1S/C20H22N4O5/c1-21-19(25)12-14-2-4-15(5-3-14)22-20(26)17-13-16(24(27)28)6-7-18(17)23-8-10-29-11-9-23/h2-7,13H,8-12H2,1H3,(H,21,25)(H,22,26). The predicted octanol–water partition coefficient (Wildman–Crippen LogP) is 1.97. The Labute approximate surface area is 167 Å². The molecule has 9 nitrogen and oxygen atoms in total. The van der Waals surface area contributed by atoms with E-state index in [-0.39, 0.29) is 23.6 Å². The third-order valence-corrected chi connectivity index (χ3v) is 4.64. The van der Waals surface area contributed by atoms with Gasteiger partial charge < -0.3 is 20.3 Å². The third kappa shape index (κ3) is 5.08. The molecule has 1 aliphatic rings. The Morgan fingerprint density at radius 2 is 1.83 bits per heavy atom. The molecule has 29 heavy (non-hydrogen) atoms. The zero-order chi connectivity index (χ0) is 20.8. The quantitative estimate of drug-likeness (QED) is 0.568. The average Bonchev–Trinajstić information content (AvgIpc) is 2.75. The van der Waals surface area contributed by atoms with Crippen molar-refractivity contribution in [3.05, 3.63) is 63.7 Å². The van der Waals surface area contributed by atoms with E-state index in [2.05, 4.69) is 10.6 Å². The first kappa shape index (κ1) is 20.3. The van der Waals surface area contributed by atoms with Gasteiger partial charge in [0, 0.05) is 38.0 Å². The number of amides is 2. The monoisotopic (exact) mass is 398 g/mol. The minimum atomic E-state index is -0.520. The summed E-state index contributed by atoms with van der Waals surface area (Å²) in [7, 11) is 1.57. The number of anilines is 2. The minimum Gasteiger partial charge on any atom is -0.378 e. The lowest BCUT2D eigenvalue weighted by molar-refractivity contribution is -0.384. The van der Waals surface area contributed by atoms with Crippen LogP contribution < -0.4 is 15.5 Å². The number of carbonyl (C=O) groups is 2. The number of morpholine rings is 1. The minimum absolute atomic E-state index is 0.103. The predicted molar refractivity (Wildman–Crippen MR) is 108 cm³/mol. The lowest BCUT2D eigenvalue weighted by Gasteiger charge is -2.30. The zero-order valence-electron chi connectivity index (χ0n) is 16.0. The van der Waals surface area contributed by atoms with Gasteiger partial charge in [-0.25, -0.2) is 0 Å². The Morgan fingerprint density at radius 3 is 2.45 bits per heavy atom. The summed E-state index contributed by atoms with van der Waals surface area (Å²) in [6, 6.07) is 11.2. The number of benzene rings is 2. The number of likely N-dealkylation sites (N-methyl/N-ethyl adjacent to an activating group) is 1. The Morgan fingerprint density at radius 1 is 1.14 bits per heavy atom. The summed E-state index contributed by atoms with van der Waals surface area (Å²) < 4.78 is 5.35. The molecule has 0 bridgehead atoms. The number of nitro groups is 1. The second kappa shape index (κ2) is 9.16. The SMILES string of the molecule is CNC(=O)Cc1ccc(NC(=O)c2cc([N+](=O)[O-])ccc2N2CCOCC2)cc1. The van der Waals surface area contributed by atoms with Crippen LogP contribution in [-0.4, -0.2) is 50.1 Å². The van der Waals surface area contributed by atoms with Crippen molar-refractivity contribution >= 4 is 28.9 Å². The van der Waals surface area contributed by atoms with Gasteiger partial charge in [-0.15, -0.1) is 0 Å². The van der Waals surface area contributed by atoms with Gasteiger partial charge in [0.25, 0.3) is 11.6 Å². The molecule has 1 saturated heterocycles. The Kier molecular flexibility index (Phi) is 6.40. The summed E-state index contributed by atoms with van der Waals surface area (Å²) in [5.74, 6) is -0.539. The molecule has 2 N–H and O–H groups in total. The van der Waals surface area contributed by atoms with Gasteiger partial charge in [0.05, 0.1) is 35.8 Å². The molecule has 0 saturated carbocycles. The van der Waals surface area contributed by atoms with E-state index in [1.807, 2.05) is 4.90 Å². The molecule has 0 unspecified atom stereocenters. The molecular formula is C20H22N4O5. The Hall–Kier alpha value is -3.46. The van der Waals surface area contributed by atoms with E-state index >= 15 is 0 Å². The van der Waals surface area contributed by atoms with E-state index in [1.54, 1.807) is 37.4 Å². The Bertz CT molecular complexity index is 908. The van der Waals surface area contributed by atoms with Crippen molar-refractivity contribution in [3.8, 4) is 0 Å². The lowest BCUT2D eigenvalue weighted by atomic mass is 10.1. The summed E-state index contributed by atoms with van der Waals surface area (Å²) in [4.78, 5) is 37.0. The maximum atomic E-state index is 12.9. The van der Waals surface area contributed by atoms with E-state index in [0.29, 0.717) is 37.7 Å². The maximum absolute atomic E-state index is 12.9. The molecule has 0 aliphatic carbocycles. The van der Waals surface area contributed by atoms with Crippen LogP contribution in [0.1, 0.15) is 15.9 Å². The van der Waals surface area contributed by atoms with Crippen LogP contribution in [0.4, 0.5) is 17.1 Å². The molecule has 0 radical (unpaired) electrons. The maximum Gasteiger partial charge on any atom is 0.270 e. The summed E-state index contributed by atoms with van der Waals surface area (Å²) in [5, 5.41) is 16.5. The van der Waals surface area contributed by atoms with Crippen molar-refractivity contribution in [3.63, 3.8) is 0 Å². The summed E-state index contributed by atoms with van der Waals surface area (Å²) in [5.41, 5.74) is 2.07. The highest BCUT2D eigenvalue weighted by molar-refractivity contribution is 6.08. The normalized spacial score (nSPS) is 13.6. The molecule has 0 spiro atoms. The molecule has 1 heterocycles. The summed E-state index contributed by atoms with van der Waals surface area (Å²) in [6.45, 7) is 2.27. The number of nitrogens with one attached hydrogen (secondary N) is 2. The number of nitrogens with zero attached hydrogens (tertiary/aromatic N) is 2. The van der Waals surface area contributed by atoms with Crippen molar-refractivity contribution in [1.29, 1.82) is 0 Å². The zero-order valence-corrected chi connectivity index (χ0v) is 16.0. The van der Waals surface area contributed by atoms with Crippen molar-refractivity contribution in [2.24, 2.45) is 0 Å². The van der Waals surface area contributed by atoms with Crippen molar-refractivity contribution in [2.75, 3.05) is 43.6 Å². The summed E-state index contributed by atoms with van der Waals surface area (Å²) in [6.07, 6.45) is 0.247. The smallest absolute Gasteiger partial charge is 0.270 e. The highest BCUT2D eigenvalue weighted by Crippen LogP contribution is 2.27. The van der Waals surface area contributed by atoms with Crippen LogP contribution in [0.3, 0.4) is 0 Å². The van der Waals surface area contributed by atoms with Gasteiger partial charge in [0.15, 0.2) is 0 Å². The topological polar surface area (TPSA) is 114 Å². The fourth-order valence-electron chi connectivity index (χ4n) is 3.08. The molecule has 9 heteroatoms. The van der Waals surface area contributed by atoms with Gasteiger partial charge in [-0.1, -0.05) is 12.1 Å². The fraction of sp³-hybridized carbons (Fsp3) is 0.300. The van der Waals surface area contributed by atoms with E-state index in [9.17, 15) is 19.7 Å². The van der Waals surface area contributed by atoms with E-state index in [4.69, 9.17) is 4.74 Å². The molecule has 0 atom stereocenters. The van der Waals surface area contributed by atoms with Crippen LogP contribution >= 0.6 is 0 Å². The van der Waals surface area contributed by atoms with Gasteiger partial charge in [-0.05, 0) is 23.8 Å². The first-order chi connectivity index (χ1) is 14.0. The number of ether oxygens (including phenoxy) is 1. The number of rotatable bonds is 6. The van der Waals surface area contributed by atoms with E-state index < -0.39 is 10.8 Å². The second-order valence-corrected chi connectivity index (χ2v) is 6.56. The highest BCUT2D eigenvalue weighted by atomic mass is 16.6. The number of non-ortho nitro benzene ring substituents is 1. The number of hydrogen-bond donors (Lipinski definition) is 2. The van der Waals surface area contributed by atoms with Crippen LogP contribution in [0.15, 0.2) is 42.5 Å². The van der Waals surface area contributed by atoms with Crippen LogP contribution in [0, 0.1) is 10.1 Å². The number of carbonyl (C=O) groups excluding carboxylic acids is 2. The van der Waals surface area contributed by atoms with Crippen molar-refractivity contribution in [2.45, 2.75) is 6.42 Å². The molecule has 2 aromatic carbocycles. The van der Waals surface area contributed by atoms with Crippen LogP contribution in [-0.2, 0) is 16.0 Å². The number of hydrogen-bond acceptors (Lipinski definition) is 6. The van der Waals surface area contributed by atoms with Crippen molar-refractivity contribution in [1.82, 2.24) is 5.32 Å². The molecule has 1 aliphatic heterocycles. The number of nitro benzene ring substituents is 1. The highest BCUT2D eigenvalue weighted by Gasteiger charge is 2.22. The van der Waals surface area contributed by atoms with E-state index in [0.717, 1.165) is 5.56 Å². The largest absolute Gasteiger partial charge is 0.378 e. The van der Waals surface area contributed by atoms with Gasteiger partial charge in [-0.3, -0.25) is 19.7 Å². The average molecular weight is 398 g/mol. The molecule has 1 fully saturated rings. The van der Waals surface area contributed by atoms with Gasteiger partial charge in [0.2, 0.25) is 5.91 Å². The van der Waals surface area contributed by atoms with Crippen molar-refractivity contribution < 1.29 is 19.2 Å². The molecule has 2 aromatic rings. The first-order valence-corrected chi connectivity index (χ1v) is 9.20. The van der Waals surface area contributed by atoms with Gasteiger partial charge in [-0.2, -0.15) is 0 Å². The molecule has 0 aromatic heterocycles.